The van der Waals surface area contributed by atoms with E-state index < -0.39 is 0 Å². The van der Waals surface area contributed by atoms with Gasteiger partial charge in [-0.1, -0.05) is 25.0 Å². The molecule has 1 aliphatic carbocycles. The summed E-state index contributed by atoms with van der Waals surface area (Å²) in [4.78, 5) is 18.5. The molecule has 3 fully saturated rings. The lowest BCUT2D eigenvalue weighted by molar-refractivity contribution is -0.144. The Kier molecular flexibility index (Phi) is 5.05. The van der Waals surface area contributed by atoms with E-state index in [4.69, 9.17) is 4.74 Å². The first-order valence-corrected chi connectivity index (χ1v) is 11.2. The van der Waals surface area contributed by atoms with Gasteiger partial charge in [-0.2, -0.15) is 5.10 Å². The van der Waals surface area contributed by atoms with E-state index in [2.05, 4.69) is 33.2 Å². The number of ether oxygens (including phenoxy) is 1. The van der Waals surface area contributed by atoms with E-state index in [1.165, 1.54) is 11.1 Å². The zero-order valence-corrected chi connectivity index (χ0v) is 18.1. The van der Waals surface area contributed by atoms with Gasteiger partial charge in [0.2, 0.25) is 5.91 Å². The third kappa shape index (κ3) is 3.31. The molecule has 1 saturated carbocycles. The molecular formula is C24H32N4O2. The van der Waals surface area contributed by atoms with E-state index in [0.717, 1.165) is 64.0 Å². The van der Waals surface area contributed by atoms with Gasteiger partial charge in [-0.15, -0.1) is 0 Å². The van der Waals surface area contributed by atoms with Crippen LogP contribution in [0.5, 0.6) is 5.75 Å². The summed E-state index contributed by atoms with van der Waals surface area (Å²) in [6.07, 6.45) is 9.35. The van der Waals surface area contributed by atoms with Gasteiger partial charge in [-0.3, -0.25) is 14.4 Å². The first-order chi connectivity index (χ1) is 14.6. The van der Waals surface area contributed by atoms with Crippen molar-refractivity contribution < 1.29 is 9.53 Å². The predicted molar refractivity (Wildman–Crippen MR) is 115 cm³/mol. The van der Waals surface area contributed by atoms with Gasteiger partial charge in [-0.05, 0) is 37.0 Å². The van der Waals surface area contributed by atoms with Crippen LogP contribution in [0.2, 0.25) is 0 Å². The topological polar surface area (TPSA) is 50.6 Å². The summed E-state index contributed by atoms with van der Waals surface area (Å²) in [7, 11) is 3.65. The standard InChI is InChI=1S/C24H32N4O2/c1-26-14-18(13-25-26)15-28-17-19-16-27(12-9-22(19)28)23(29)24(10-3-4-11-24)20-5-7-21(30-2)8-6-20/h5-8,13-14,19,22H,3-4,9-12,15-17H2,1-2H3/t19-,22-/m0/s1. The number of rotatable bonds is 5. The lowest BCUT2D eigenvalue weighted by Gasteiger charge is -2.54. The first-order valence-electron chi connectivity index (χ1n) is 11.2. The van der Waals surface area contributed by atoms with Crippen LogP contribution in [0.3, 0.4) is 0 Å². The molecule has 6 nitrogen and oxygen atoms in total. The molecule has 2 atom stereocenters. The summed E-state index contributed by atoms with van der Waals surface area (Å²) in [6.45, 7) is 3.84. The smallest absolute Gasteiger partial charge is 0.233 e. The van der Waals surface area contributed by atoms with Gasteiger partial charge in [-0.25, -0.2) is 0 Å². The van der Waals surface area contributed by atoms with E-state index in [1.807, 2.05) is 30.1 Å². The Balaban J connectivity index is 1.26. The minimum Gasteiger partial charge on any atom is -0.497 e. The summed E-state index contributed by atoms with van der Waals surface area (Å²) in [6, 6.07) is 8.81. The number of carbonyl (C=O) groups is 1. The van der Waals surface area contributed by atoms with Gasteiger partial charge in [0.15, 0.2) is 0 Å². The second-order valence-corrected chi connectivity index (χ2v) is 9.34. The number of fused-ring (bicyclic) bond motifs is 1. The van der Waals surface area contributed by atoms with Gasteiger partial charge in [0, 0.05) is 56.9 Å². The molecule has 2 aromatic rings. The molecule has 3 aliphatic rings. The summed E-state index contributed by atoms with van der Waals surface area (Å²) < 4.78 is 7.19. The molecule has 3 heterocycles. The Labute approximate surface area is 178 Å². The number of aryl methyl sites for hydroxylation is 1. The highest BCUT2D eigenvalue weighted by Gasteiger charge is 2.49. The van der Waals surface area contributed by atoms with Crippen molar-refractivity contribution in [3.05, 3.63) is 47.8 Å². The maximum absolute atomic E-state index is 13.8. The van der Waals surface area contributed by atoms with E-state index in [9.17, 15) is 4.79 Å². The number of hydrogen-bond donors (Lipinski definition) is 0. The van der Waals surface area contributed by atoms with E-state index in [-0.39, 0.29) is 5.41 Å². The van der Waals surface area contributed by atoms with Gasteiger partial charge < -0.3 is 9.64 Å². The average molecular weight is 409 g/mol. The largest absolute Gasteiger partial charge is 0.497 e. The predicted octanol–water partition coefficient (Wildman–Crippen LogP) is 2.97. The number of piperidine rings is 1. The van der Waals surface area contributed by atoms with Crippen LogP contribution in [0.1, 0.15) is 43.2 Å². The van der Waals surface area contributed by atoms with Crippen LogP contribution in [0.4, 0.5) is 0 Å². The first kappa shape index (κ1) is 19.6. The fourth-order valence-corrected chi connectivity index (χ4v) is 5.95. The molecule has 0 unspecified atom stereocenters. The molecule has 0 spiro atoms. The summed E-state index contributed by atoms with van der Waals surface area (Å²) in [5, 5.41) is 4.29. The summed E-state index contributed by atoms with van der Waals surface area (Å²) in [5.41, 5.74) is 2.11. The minimum atomic E-state index is -0.335. The van der Waals surface area contributed by atoms with E-state index in [1.54, 1.807) is 7.11 Å². The summed E-state index contributed by atoms with van der Waals surface area (Å²) in [5.74, 6) is 1.81. The molecule has 0 bridgehead atoms. The number of benzene rings is 1. The van der Waals surface area contributed by atoms with Crippen LogP contribution in [0, 0.1) is 5.92 Å². The van der Waals surface area contributed by atoms with Crippen molar-refractivity contribution in [3.63, 3.8) is 0 Å². The second-order valence-electron chi connectivity index (χ2n) is 9.34. The quantitative estimate of drug-likeness (QED) is 0.763. The maximum Gasteiger partial charge on any atom is 0.233 e. The number of likely N-dealkylation sites (tertiary alicyclic amines) is 2. The molecule has 160 valence electrons. The molecule has 0 radical (unpaired) electrons. The molecule has 5 rings (SSSR count). The zero-order chi connectivity index (χ0) is 20.7. The van der Waals surface area contributed by atoms with Gasteiger partial charge in [0.1, 0.15) is 5.75 Å². The number of aromatic nitrogens is 2. The highest BCUT2D eigenvalue weighted by Crippen LogP contribution is 2.44. The Hall–Kier alpha value is -2.34. The summed E-state index contributed by atoms with van der Waals surface area (Å²) >= 11 is 0. The maximum atomic E-state index is 13.8. The van der Waals surface area contributed by atoms with Crippen molar-refractivity contribution in [1.29, 1.82) is 0 Å². The number of methoxy groups -OCH3 is 1. The lowest BCUT2D eigenvalue weighted by Crippen LogP contribution is -2.64. The van der Waals surface area contributed by atoms with Crippen molar-refractivity contribution >= 4 is 5.91 Å². The van der Waals surface area contributed by atoms with Gasteiger partial charge >= 0.3 is 0 Å². The van der Waals surface area contributed by atoms with Crippen LogP contribution in [0.15, 0.2) is 36.7 Å². The number of carbonyl (C=O) groups excluding carboxylic acids is 1. The van der Waals surface area contributed by atoms with Crippen LogP contribution < -0.4 is 4.74 Å². The third-order valence-electron chi connectivity index (χ3n) is 7.57. The number of amides is 1. The molecule has 30 heavy (non-hydrogen) atoms. The van der Waals surface area contributed by atoms with E-state index >= 15 is 0 Å². The lowest BCUT2D eigenvalue weighted by atomic mass is 9.75. The monoisotopic (exact) mass is 408 g/mol. The SMILES string of the molecule is COc1ccc(C2(C(=O)N3CC[C@H]4[C@@H](C3)CN4Cc3cnn(C)c3)CCCC2)cc1. The fraction of sp³-hybridized carbons (Fsp3) is 0.583. The van der Waals surface area contributed by atoms with Gasteiger partial charge in [0.25, 0.3) is 0 Å². The molecule has 1 aromatic heterocycles. The van der Waals surface area contributed by atoms with Gasteiger partial charge in [0.05, 0.1) is 18.7 Å². The van der Waals surface area contributed by atoms with E-state index in [0.29, 0.717) is 17.9 Å². The molecule has 6 heteroatoms. The van der Waals surface area contributed by atoms with Crippen molar-refractivity contribution in [3.8, 4) is 5.75 Å². The normalized spacial score (nSPS) is 25.6. The highest BCUT2D eigenvalue weighted by molar-refractivity contribution is 5.89. The zero-order valence-electron chi connectivity index (χ0n) is 18.1. The Morgan fingerprint density at radius 1 is 1.20 bits per heavy atom. The number of nitrogens with zero attached hydrogens (tertiary/aromatic N) is 4. The van der Waals surface area contributed by atoms with Crippen molar-refractivity contribution in [2.75, 3.05) is 26.7 Å². The molecular weight excluding hydrogens is 376 g/mol. The third-order valence-corrected chi connectivity index (χ3v) is 7.57. The Morgan fingerprint density at radius 3 is 2.60 bits per heavy atom. The minimum absolute atomic E-state index is 0.335. The van der Waals surface area contributed by atoms with Crippen LogP contribution in [-0.2, 0) is 23.8 Å². The average Bonchev–Trinajstić information content (AvgIpc) is 3.41. The molecule has 1 aromatic carbocycles. The highest BCUT2D eigenvalue weighted by atomic mass is 16.5. The molecule has 0 N–H and O–H groups in total. The Morgan fingerprint density at radius 2 is 1.97 bits per heavy atom. The van der Waals surface area contributed by atoms with Crippen molar-refractivity contribution in [2.24, 2.45) is 13.0 Å². The number of hydrogen-bond acceptors (Lipinski definition) is 4. The van der Waals surface area contributed by atoms with Crippen LogP contribution in [0.25, 0.3) is 0 Å². The molecule has 2 aliphatic heterocycles. The molecule has 1 amide bonds. The van der Waals surface area contributed by atoms with Crippen LogP contribution >= 0.6 is 0 Å². The van der Waals surface area contributed by atoms with Crippen molar-refractivity contribution in [2.45, 2.75) is 50.1 Å². The Bertz CT molecular complexity index is 900. The second kappa shape index (κ2) is 7.73. The fourth-order valence-electron chi connectivity index (χ4n) is 5.95. The molecule has 2 saturated heterocycles. The van der Waals surface area contributed by atoms with Crippen LogP contribution in [-0.4, -0.2) is 58.3 Å². The van der Waals surface area contributed by atoms with Crippen molar-refractivity contribution in [1.82, 2.24) is 19.6 Å².